The van der Waals surface area contributed by atoms with Crippen LogP contribution in [0.4, 0.5) is 11.5 Å². The number of benzene rings is 1. The number of hydrogen-bond acceptors (Lipinski definition) is 7. The van der Waals surface area contributed by atoms with Crippen molar-refractivity contribution in [1.29, 1.82) is 0 Å². The summed E-state index contributed by atoms with van der Waals surface area (Å²) in [4.78, 5) is 45.0. The van der Waals surface area contributed by atoms with Gasteiger partial charge in [0.25, 0.3) is 17.7 Å². The van der Waals surface area contributed by atoms with Gasteiger partial charge in [-0.15, -0.1) is 0 Å². The fraction of sp³-hybridized carbons (Fsp3) is 0.548. The van der Waals surface area contributed by atoms with Crippen molar-refractivity contribution in [2.24, 2.45) is 5.73 Å². The number of anilines is 2. The second-order valence-electron chi connectivity index (χ2n) is 11.6. The number of amides is 3. The summed E-state index contributed by atoms with van der Waals surface area (Å²) < 4.78 is 0. The zero-order valence-electron chi connectivity index (χ0n) is 24.1. The summed E-state index contributed by atoms with van der Waals surface area (Å²) in [5.41, 5.74) is 7.68. The quantitative estimate of drug-likeness (QED) is 0.300. The molecule has 41 heavy (non-hydrogen) atoms. The summed E-state index contributed by atoms with van der Waals surface area (Å²) in [5.74, 6) is 0.146. The number of fused-ring (bicyclic) bond motifs is 2. The van der Waals surface area contributed by atoms with Crippen LogP contribution in [-0.2, 0) is 0 Å². The van der Waals surface area contributed by atoms with Gasteiger partial charge in [0.15, 0.2) is 0 Å². The predicted octanol–water partition coefficient (Wildman–Crippen LogP) is 3.19. The molecular weight excluding hydrogens is 518 g/mol. The minimum Gasteiger partial charge on any atom is -0.382 e. The molecule has 10 nitrogen and oxygen atoms in total. The number of nitrogens with one attached hydrogen (secondary N) is 4. The molecule has 0 aliphatic carbocycles. The van der Waals surface area contributed by atoms with E-state index < -0.39 is 5.91 Å². The molecule has 3 saturated heterocycles. The first-order chi connectivity index (χ1) is 19.9. The lowest BCUT2D eigenvalue weighted by Crippen LogP contribution is -2.50. The molecule has 3 aliphatic rings. The second kappa shape index (κ2) is 12.9. The maximum Gasteiger partial charge on any atom is 0.253 e. The average Bonchev–Trinajstić information content (AvgIpc) is 3.25. The molecule has 3 atom stereocenters. The van der Waals surface area contributed by atoms with Gasteiger partial charge < -0.3 is 31.9 Å². The summed E-state index contributed by atoms with van der Waals surface area (Å²) in [7, 11) is 0. The Hall–Kier alpha value is -3.66. The molecule has 0 spiro atoms. The van der Waals surface area contributed by atoms with E-state index in [1.54, 1.807) is 24.4 Å². The zero-order valence-corrected chi connectivity index (χ0v) is 24.1. The highest BCUT2D eigenvalue weighted by Gasteiger charge is 2.42. The highest BCUT2D eigenvalue weighted by atomic mass is 16.2. The number of nitrogens with zero attached hydrogens (tertiary/aromatic N) is 2. The molecule has 1 aromatic heterocycles. The fourth-order valence-electron chi connectivity index (χ4n) is 6.59. The molecule has 5 rings (SSSR count). The Morgan fingerprint density at radius 1 is 0.976 bits per heavy atom. The predicted molar refractivity (Wildman–Crippen MR) is 160 cm³/mol. The minimum absolute atomic E-state index is 0.0525. The van der Waals surface area contributed by atoms with E-state index >= 15 is 0 Å². The van der Waals surface area contributed by atoms with Crippen LogP contribution in [0.1, 0.15) is 96.3 Å². The van der Waals surface area contributed by atoms with Crippen LogP contribution < -0.4 is 31.9 Å². The average molecular weight is 562 g/mol. The molecule has 2 unspecified atom stereocenters. The van der Waals surface area contributed by atoms with Gasteiger partial charge >= 0.3 is 0 Å². The monoisotopic (exact) mass is 561 g/mol. The number of hydrogen-bond donors (Lipinski definition) is 5. The molecule has 3 fully saturated rings. The van der Waals surface area contributed by atoms with Crippen molar-refractivity contribution < 1.29 is 14.4 Å². The van der Waals surface area contributed by atoms with Crippen molar-refractivity contribution in [3.8, 4) is 0 Å². The number of aromatic nitrogens is 1. The van der Waals surface area contributed by atoms with Crippen LogP contribution in [0.3, 0.4) is 0 Å². The number of carbonyl (C=O) groups excluding carboxylic acids is 3. The molecule has 0 radical (unpaired) electrons. The van der Waals surface area contributed by atoms with Crippen LogP contribution >= 0.6 is 0 Å². The minimum atomic E-state index is -0.516. The van der Waals surface area contributed by atoms with Gasteiger partial charge in [-0.05, 0) is 88.2 Å². The van der Waals surface area contributed by atoms with E-state index in [2.05, 4.69) is 45.0 Å². The molecule has 2 aromatic rings. The van der Waals surface area contributed by atoms with Gasteiger partial charge in [-0.3, -0.25) is 14.4 Å². The Morgan fingerprint density at radius 2 is 1.66 bits per heavy atom. The topological polar surface area (TPSA) is 141 Å². The number of rotatable bonds is 10. The van der Waals surface area contributed by atoms with E-state index in [1.165, 1.54) is 0 Å². The normalized spacial score (nSPS) is 23.7. The van der Waals surface area contributed by atoms with Gasteiger partial charge in [-0.2, -0.15) is 0 Å². The SMILES string of the molecule is CCC(CC)Nc1cc(C(=O)NC2CC3CCC(C2)N3c2ccc(C(=O)N[C@H]3CCCNC3)cn2)ccc1C(N)=O. The largest absolute Gasteiger partial charge is 0.382 e. The third kappa shape index (κ3) is 6.64. The van der Waals surface area contributed by atoms with Crippen LogP contribution in [0, 0.1) is 0 Å². The van der Waals surface area contributed by atoms with Crippen molar-refractivity contribution in [3.05, 3.63) is 53.2 Å². The lowest BCUT2D eigenvalue weighted by Gasteiger charge is -2.40. The Labute approximate surface area is 242 Å². The van der Waals surface area contributed by atoms with Crippen molar-refractivity contribution in [1.82, 2.24) is 20.9 Å². The maximum absolute atomic E-state index is 13.3. The van der Waals surface area contributed by atoms with Gasteiger partial charge in [-0.1, -0.05) is 13.8 Å². The van der Waals surface area contributed by atoms with Crippen LogP contribution in [-0.4, -0.2) is 66.0 Å². The van der Waals surface area contributed by atoms with Crippen LogP contribution in [0.2, 0.25) is 0 Å². The van der Waals surface area contributed by atoms with Crippen LogP contribution in [0.25, 0.3) is 0 Å². The van der Waals surface area contributed by atoms with Gasteiger partial charge in [0.2, 0.25) is 0 Å². The zero-order chi connectivity index (χ0) is 28.9. The molecule has 4 heterocycles. The van der Waals surface area contributed by atoms with Gasteiger partial charge in [0.1, 0.15) is 5.82 Å². The smallest absolute Gasteiger partial charge is 0.253 e. The fourth-order valence-corrected chi connectivity index (χ4v) is 6.59. The number of pyridine rings is 1. The van der Waals surface area contributed by atoms with Crippen LogP contribution in [0.5, 0.6) is 0 Å². The van der Waals surface area contributed by atoms with E-state index in [9.17, 15) is 14.4 Å². The lowest BCUT2D eigenvalue weighted by atomic mass is 9.96. The third-order valence-corrected chi connectivity index (χ3v) is 8.87. The third-order valence-electron chi connectivity index (χ3n) is 8.87. The Morgan fingerprint density at radius 3 is 2.27 bits per heavy atom. The summed E-state index contributed by atoms with van der Waals surface area (Å²) in [6.07, 6.45) is 9.30. The Kier molecular flexibility index (Phi) is 9.07. The summed E-state index contributed by atoms with van der Waals surface area (Å²) in [6.45, 7) is 5.98. The molecule has 6 N–H and O–H groups in total. The standard InChI is InChI=1S/C31H43N7O3/c1-3-21(4-2)35-27-14-19(7-11-26(27)29(32)39)30(40)37-23-15-24-9-10-25(16-23)38(24)28-12-8-20(17-34-28)31(41)36-22-6-5-13-33-18-22/h7-8,11-12,14,17,21-25,33,35H,3-6,9-10,13,15-16,18H2,1-2H3,(H2,32,39)(H,36,41)(H,37,40)/t22-,23?,24?,25?/m0/s1. The van der Waals surface area contributed by atoms with E-state index in [0.717, 1.165) is 70.3 Å². The van der Waals surface area contributed by atoms with E-state index in [4.69, 9.17) is 5.73 Å². The molecule has 0 saturated carbocycles. The van der Waals surface area contributed by atoms with E-state index in [0.29, 0.717) is 22.4 Å². The van der Waals surface area contributed by atoms with Crippen molar-refractivity contribution in [2.75, 3.05) is 23.3 Å². The molecule has 3 aliphatic heterocycles. The van der Waals surface area contributed by atoms with Gasteiger partial charge in [0, 0.05) is 54.2 Å². The number of primary amides is 1. The summed E-state index contributed by atoms with van der Waals surface area (Å²) in [6, 6.07) is 9.83. The molecule has 1 aromatic carbocycles. The lowest BCUT2D eigenvalue weighted by molar-refractivity contribution is 0.0920. The first-order valence-electron chi connectivity index (χ1n) is 15.1. The van der Waals surface area contributed by atoms with E-state index in [-0.39, 0.29) is 42.0 Å². The second-order valence-corrected chi connectivity index (χ2v) is 11.6. The first kappa shape index (κ1) is 28.9. The number of carbonyl (C=O) groups is 3. The number of nitrogens with two attached hydrogens (primary N) is 1. The van der Waals surface area contributed by atoms with Crippen molar-refractivity contribution in [2.45, 2.75) is 95.4 Å². The molecule has 10 heteroatoms. The Bertz CT molecular complexity index is 1230. The molecule has 220 valence electrons. The first-order valence-corrected chi connectivity index (χ1v) is 15.1. The van der Waals surface area contributed by atoms with Crippen molar-refractivity contribution in [3.63, 3.8) is 0 Å². The van der Waals surface area contributed by atoms with Gasteiger partial charge in [0.05, 0.1) is 11.1 Å². The summed E-state index contributed by atoms with van der Waals surface area (Å²) >= 11 is 0. The van der Waals surface area contributed by atoms with E-state index in [1.807, 2.05) is 12.1 Å². The molecular formula is C31H43N7O3. The van der Waals surface area contributed by atoms with Gasteiger partial charge in [-0.25, -0.2) is 4.98 Å². The Balaban J connectivity index is 1.20. The highest BCUT2D eigenvalue weighted by Crippen LogP contribution is 2.38. The molecule has 2 bridgehead atoms. The molecule has 3 amide bonds. The number of piperidine rings is 2. The van der Waals surface area contributed by atoms with Crippen molar-refractivity contribution >= 4 is 29.2 Å². The maximum atomic E-state index is 13.3. The van der Waals surface area contributed by atoms with Crippen LogP contribution in [0.15, 0.2) is 36.5 Å². The summed E-state index contributed by atoms with van der Waals surface area (Å²) in [5, 5.41) is 13.1. The highest BCUT2D eigenvalue weighted by molar-refractivity contribution is 6.02.